The van der Waals surface area contributed by atoms with Crippen molar-refractivity contribution in [3.8, 4) is 0 Å². The van der Waals surface area contributed by atoms with Crippen LogP contribution in [0.1, 0.15) is 26.3 Å². The lowest BCUT2D eigenvalue weighted by Gasteiger charge is -2.07. The summed E-state index contributed by atoms with van der Waals surface area (Å²) in [6, 6.07) is 0.272. The van der Waals surface area contributed by atoms with Gasteiger partial charge >= 0.3 is 0 Å². The minimum absolute atomic E-state index is 0.272. The molecule has 0 aliphatic heterocycles. The Balaban J connectivity index is 2.63. The summed E-state index contributed by atoms with van der Waals surface area (Å²) < 4.78 is 1.77. The van der Waals surface area contributed by atoms with Gasteiger partial charge in [0, 0.05) is 0 Å². The SMILES string of the molecule is CCC(C)n1nnc2c(N)ncnc21. The number of nitrogens with two attached hydrogens (primary N) is 1. The molecule has 1 unspecified atom stereocenters. The van der Waals surface area contributed by atoms with Crippen LogP contribution in [0.5, 0.6) is 0 Å². The third kappa shape index (κ3) is 1.19. The molecule has 2 aromatic heterocycles. The third-order valence-electron chi connectivity index (χ3n) is 2.30. The first-order chi connectivity index (χ1) is 6.74. The minimum Gasteiger partial charge on any atom is -0.382 e. The average molecular weight is 192 g/mol. The van der Waals surface area contributed by atoms with E-state index in [1.54, 1.807) is 4.68 Å². The van der Waals surface area contributed by atoms with E-state index in [0.29, 0.717) is 17.0 Å². The number of aromatic nitrogens is 5. The summed E-state index contributed by atoms with van der Waals surface area (Å²) in [5, 5.41) is 7.96. The number of fused-ring (bicyclic) bond motifs is 1. The molecule has 2 aromatic rings. The Labute approximate surface area is 81.1 Å². The second-order valence-corrected chi connectivity index (χ2v) is 3.22. The van der Waals surface area contributed by atoms with Gasteiger partial charge in [-0.05, 0) is 13.3 Å². The Morgan fingerprint density at radius 1 is 1.50 bits per heavy atom. The van der Waals surface area contributed by atoms with Crippen molar-refractivity contribution in [2.45, 2.75) is 26.3 Å². The number of nitrogen functional groups attached to an aromatic ring is 1. The largest absolute Gasteiger partial charge is 0.382 e. The van der Waals surface area contributed by atoms with Crippen molar-refractivity contribution in [1.29, 1.82) is 0 Å². The van der Waals surface area contributed by atoms with E-state index >= 15 is 0 Å². The lowest BCUT2D eigenvalue weighted by Crippen LogP contribution is -2.06. The first kappa shape index (κ1) is 8.86. The first-order valence-electron chi connectivity index (χ1n) is 4.55. The molecule has 0 bridgehead atoms. The molecule has 14 heavy (non-hydrogen) atoms. The summed E-state index contributed by atoms with van der Waals surface area (Å²) >= 11 is 0. The Kier molecular flexibility index (Phi) is 2.03. The van der Waals surface area contributed by atoms with Crippen molar-refractivity contribution >= 4 is 17.0 Å². The van der Waals surface area contributed by atoms with Crippen molar-refractivity contribution in [2.75, 3.05) is 5.73 Å². The molecule has 2 rings (SSSR count). The molecule has 0 amide bonds. The van der Waals surface area contributed by atoms with Gasteiger partial charge in [-0.2, -0.15) is 0 Å². The predicted octanol–water partition coefficient (Wildman–Crippen LogP) is 0.774. The maximum Gasteiger partial charge on any atom is 0.184 e. The number of nitrogens with zero attached hydrogens (tertiary/aromatic N) is 5. The third-order valence-corrected chi connectivity index (χ3v) is 2.30. The second-order valence-electron chi connectivity index (χ2n) is 3.22. The monoisotopic (exact) mass is 192 g/mol. The van der Waals surface area contributed by atoms with Crippen molar-refractivity contribution in [3.05, 3.63) is 6.33 Å². The van der Waals surface area contributed by atoms with Crippen LogP contribution in [0.3, 0.4) is 0 Å². The Morgan fingerprint density at radius 3 is 3.00 bits per heavy atom. The molecular weight excluding hydrogens is 180 g/mol. The molecule has 0 aromatic carbocycles. The highest BCUT2D eigenvalue weighted by Crippen LogP contribution is 2.17. The molecule has 0 fully saturated rings. The van der Waals surface area contributed by atoms with Gasteiger partial charge in [-0.3, -0.25) is 0 Å². The van der Waals surface area contributed by atoms with E-state index in [2.05, 4.69) is 34.1 Å². The lowest BCUT2D eigenvalue weighted by atomic mass is 10.3. The fraction of sp³-hybridized carbons (Fsp3) is 0.500. The topological polar surface area (TPSA) is 82.5 Å². The van der Waals surface area contributed by atoms with Crippen LogP contribution < -0.4 is 5.73 Å². The van der Waals surface area contributed by atoms with Crippen LogP contribution in [0, 0.1) is 0 Å². The molecule has 74 valence electrons. The Bertz CT molecular complexity index is 448. The molecule has 0 spiro atoms. The fourth-order valence-electron chi connectivity index (χ4n) is 1.25. The molecule has 1 atom stereocenters. The molecule has 0 aliphatic carbocycles. The summed E-state index contributed by atoms with van der Waals surface area (Å²) in [5.74, 6) is 0.379. The Hall–Kier alpha value is -1.72. The zero-order valence-electron chi connectivity index (χ0n) is 8.18. The van der Waals surface area contributed by atoms with Crippen LogP contribution in [-0.2, 0) is 0 Å². The molecule has 6 heteroatoms. The molecule has 0 aliphatic rings. The van der Waals surface area contributed by atoms with Gasteiger partial charge in [-0.1, -0.05) is 12.1 Å². The minimum atomic E-state index is 0.272. The standard InChI is InChI=1S/C8H12N6/c1-3-5(2)14-8-6(12-13-14)7(9)10-4-11-8/h4-5H,3H2,1-2H3,(H2,9,10,11). The number of rotatable bonds is 2. The summed E-state index contributed by atoms with van der Waals surface area (Å²) in [6.07, 6.45) is 2.41. The van der Waals surface area contributed by atoms with Gasteiger partial charge in [0.15, 0.2) is 17.0 Å². The van der Waals surface area contributed by atoms with Gasteiger partial charge in [-0.25, -0.2) is 14.6 Å². The van der Waals surface area contributed by atoms with Crippen LogP contribution in [0.4, 0.5) is 5.82 Å². The van der Waals surface area contributed by atoms with E-state index in [1.807, 2.05) is 0 Å². The van der Waals surface area contributed by atoms with Crippen LogP contribution in [0.25, 0.3) is 11.2 Å². The van der Waals surface area contributed by atoms with Gasteiger partial charge < -0.3 is 5.73 Å². The van der Waals surface area contributed by atoms with Crippen molar-refractivity contribution in [1.82, 2.24) is 25.0 Å². The summed E-state index contributed by atoms with van der Waals surface area (Å²) in [4.78, 5) is 7.97. The molecule has 6 nitrogen and oxygen atoms in total. The van der Waals surface area contributed by atoms with E-state index in [1.165, 1.54) is 6.33 Å². The van der Waals surface area contributed by atoms with E-state index in [9.17, 15) is 0 Å². The summed E-state index contributed by atoms with van der Waals surface area (Å²) in [7, 11) is 0. The quantitative estimate of drug-likeness (QED) is 0.760. The molecule has 0 saturated carbocycles. The molecule has 2 N–H and O–H groups in total. The average Bonchev–Trinajstić information content (AvgIpc) is 2.62. The second kappa shape index (κ2) is 3.21. The fourth-order valence-corrected chi connectivity index (χ4v) is 1.25. The van der Waals surface area contributed by atoms with Gasteiger partial charge in [0.1, 0.15) is 6.33 Å². The van der Waals surface area contributed by atoms with E-state index < -0.39 is 0 Å². The molecular formula is C8H12N6. The van der Waals surface area contributed by atoms with Crippen LogP contribution >= 0.6 is 0 Å². The predicted molar refractivity (Wildman–Crippen MR) is 52.5 cm³/mol. The number of hydrogen-bond donors (Lipinski definition) is 1. The van der Waals surface area contributed by atoms with E-state index in [4.69, 9.17) is 5.73 Å². The van der Waals surface area contributed by atoms with Crippen LogP contribution in [0.2, 0.25) is 0 Å². The maximum absolute atomic E-state index is 5.64. The van der Waals surface area contributed by atoms with Crippen molar-refractivity contribution in [3.63, 3.8) is 0 Å². The molecule has 0 saturated heterocycles. The first-order valence-corrected chi connectivity index (χ1v) is 4.55. The smallest absolute Gasteiger partial charge is 0.184 e. The maximum atomic E-state index is 5.64. The normalized spacial score (nSPS) is 13.3. The van der Waals surface area contributed by atoms with E-state index in [-0.39, 0.29) is 6.04 Å². The summed E-state index contributed by atoms with van der Waals surface area (Å²) in [5.41, 5.74) is 6.92. The van der Waals surface area contributed by atoms with Crippen LogP contribution in [0.15, 0.2) is 6.33 Å². The molecule has 0 radical (unpaired) electrons. The van der Waals surface area contributed by atoms with Gasteiger partial charge in [0.05, 0.1) is 6.04 Å². The highest BCUT2D eigenvalue weighted by atomic mass is 15.5. The van der Waals surface area contributed by atoms with Crippen molar-refractivity contribution < 1.29 is 0 Å². The Morgan fingerprint density at radius 2 is 2.29 bits per heavy atom. The zero-order valence-corrected chi connectivity index (χ0v) is 8.18. The zero-order chi connectivity index (χ0) is 10.1. The van der Waals surface area contributed by atoms with Gasteiger partial charge in [0.2, 0.25) is 0 Å². The molecule has 2 heterocycles. The van der Waals surface area contributed by atoms with Gasteiger partial charge in [-0.15, -0.1) is 5.10 Å². The van der Waals surface area contributed by atoms with Crippen molar-refractivity contribution in [2.24, 2.45) is 0 Å². The highest BCUT2D eigenvalue weighted by Gasteiger charge is 2.12. The van der Waals surface area contributed by atoms with Crippen LogP contribution in [-0.4, -0.2) is 25.0 Å². The highest BCUT2D eigenvalue weighted by molar-refractivity contribution is 5.80. The van der Waals surface area contributed by atoms with Gasteiger partial charge in [0.25, 0.3) is 0 Å². The summed E-state index contributed by atoms with van der Waals surface area (Å²) in [6.45, 7) is 4.15. The number of hydrogen-bond acceptors (Lipinski definition) is 5. The number of anilines is 1. The van der Waals surface area contributed by atoms with E-state index in [0.717, 1.165) is 6.42 Å². The lowest BCUT2D eigenvalue weighted by molar-refractivity contribution is 0.475.